The zero-order chi connectivity index (χ0) is 36.4. The van der Waals surface area contributed by atoms with Crippen molar-refractivity contribution in [2.24, 2.45) is 0 Å². The number of piperidine rings is 2. The van der Waals surface area contributed by atoms with Gasteiger partial charge < -0.3 is 4.90 Å². The maximum Gasteiger partial charge on any atom is 0.262 e. The predicted octanol–water partition coefficient (Wildman–Crippen LogP) is 3.27. The number of hydrogen-bond donors (Lipinski definition) is 0. The second-order valence-corrected chi connectivity index (χ2v) is 13.6. The third kappa shape index (κ3) is 5.85. The summed E-state index contributed by atoms with van der Waals surface area (Å²) in [4.78, 5) is 113. The Balaban J connectivity index is 0.00000435. The highest BCUT2D eigenvalue weighted by Crippen LogP contribution is 2.34. The summed E-state index contributed by atoms with van der Waals surface area (Å²) in [6.07, 6.45) is 0.000748. The molecular formula is C39H34ClN5O8. The molecule has 2 saturated heterocycles. The van der Waals surface area contributed by atoms with Crippen molar-refractivity contribution >= 4 is 81.2 Å². The van der Waals surface area contributed by atoms with Crippen molar-refractivity contribution in [2.75, 3.05) is 33.2 Å². The lowest BCUT2D eigenvalue weighted by Crippen LogP contribution is -2.58. The fraction of sp³-hybridized carbons (Fsp3) is 0.282. The van der Waals surface area contributed by atoms with Gasteiger partial charge in [-0.1, -0.05) is 48.5 Å². The van der Waals surface area contributed by atoms with E-state index in [1.807, 2.05) is 48.5 Å². The van der Waals surface area contributed by atoms with Gasteiger partial charge in [0.2, 0.25) is 11.8 Å². The number of imide groups is 4. The van der Waals surface area contributed by atoms with Gasteiger partial charge in [-0.15, -0.1) is 12.4 Å². The Morgan fingerprint density at radius 1 is 0.528 bits per heavy atom. The maximum atomic E-state index is 13.7. The molecule has 0 bridgehead atoms. The van der Waals surface area contributed by atoms with Crippen LogP contribution in [0.3, 0.4) is 0 Å². The normalized spacial score (nSPS) is 20.3. The number of halogens is 1. The Morgan fingerprint density at radius 3 is 1.13 bits per heavy atom. The second kappa shape index (κ2) is 13.6. The van der Waals surface area contributed by atoms with E-state index in [4.69, 9.17) is 0 Å². The van der Waals surface area contributed by atoms with Crippen LogP contribution in [0.4, 0.5) is 0 Å². The molecule has 0 saturated carbocycles. The summed E-state index contributed by atoms with van der Waals surface area (Å²) in [5, 5.41) is 3.17. The Morgan fingerprint density at radius 2 is 0.830 bits per heavy atom. The number of fused-ring (bicyclic) bond motifs is 4. The van der Waals surface area contributed by atoms with Gasteiger partial charge >= 0.3 is 0 Å². The fourth-order valence-corrected chi connectivity index (χ4v) is 7.70. The van der Waals surface area contributed by atoms with Crippen LogP contribution in [0.25, 0.3) is 21.5 Å². The lowest BCUT2D eigenvalue weighted by atomic mass is 10.0. The van der Waals surface area contributed by atoms with Crippen molar-refractivity contribution < 1.29 is 38.4 Å². The first-order chi connectivity index (χ1) is 25.0. The Bertz CT molecular complexity index is 2040. The molecule has 4 heterocycles. The number of likely N-dealkylation sites (N-methyl/N-ethyl adjacent to an activating group) is 1. The summed E-state index contributed by atoms with van der Waals surface area (Å²) < 4.78 is 0. The van der Waals surface area contributed by atoms with E-state index in [0.29, 0.717) is 0 Å². The number of amides is 8. The van der Waals surface area contributed by atoms with Gasteiger partial charge in [0.1, 0.15) is 12.1 Å². The minimum atomic E-state index is -1.13. The molecule has 4 aliphatic rings. The summed E-state index contributed by atoms with van der Waals surface area (Å²) in [7, 11) is 1.70. The molecule has 4 aliphatic heterocycles. The van der Waals surface area contributed by atoms with E-state index >= 15 is 0 Å². The maximum absolute atomic E-state index is 13.7. The summed E-state index contributed by atoms with van der Waals surface area (Å²) in [6, 6.07) is 19.0. The molecule has 14 heteroatoms. The molecular weight excluding hydrogens is 702 g/mol. The fourth-order valence-electron chi connectivity index (χ4n) is 7.70. The average molecular weight is 736 g/mol. The minimum Gasteiger partial charge on any atom is -0.303 e. The largest absolute Gasteiger partial charge is 0.303 e. The predicted molar refractivity (Wildman–Crippen MR) is 193 cm³/mol. The van der Waals surface area contributed by atoms with E-state index in [2.05, 4.69) is 0 Å². The SMILES string of the molecule is CN(CCN1C(=O)CCC(N2C(=O)c3cc4ccccc4cc3C2=O)C1=O)CCN1C(=O)CCC(N2C(=O)c3cc4ccccc4cc3C2=O)C1=O.Cl. The van der Waals surface area contributed by atoms with Crippen molar-refractivity contribution in [3.8, 4) is 0 Å². The highest BCUT2D eigenvalue weighted by Gasteiger charge is 2.48. The number of rotatable bonds is 8. The van der Waals surface area contributed by atoms with Crippen molar-refractivity contribution in [1.29, 1.82) is 0 Å². The topological polar surface area (TPSA) is 153 Å². The molecule has 2 atom stereocenters. The van der Waals surface area contributed by atoms with Crippen LogP contribution in [0.2, 0.25) is 0 Å². The van der Waals surface area contributed by atoms with E-state index in [9.17, 15) is 38.4 Å². The van der Waals surface area contributed by atoms with Crippen LogP contribution in [0.1, 0.15) is 67.1 Å². The zero-order valence-electron chi connectivity index (χ0n) is 28.7. The summed E-state index contributed by atoms with van der Waals surface area (Å²) in [6.45, 7) is 0.296. The Kier molecular flexibility index (Phi) is 9.16. The van der Waals surface area contributed by atoms with Crippen LogP contribution in [0, 0.1) is 0 Å². The molecule has 53 heavy (non-hydrogen) atoms. The second-order valence-electron chi connectivity index (χ2n) is 13.6. The summed E-state index contributed by atoms with van der Waals surface area (Å²) in [5.74, 6) is -4.40. The monoisotopic (exact) mass is 735 g/mol. The van der Waals surface area contributed by atoms with Gasteiger partial charge in [-0.05, 0) is 65.7 Å². The first kappa shape index (κ1) is 35.6. The van der Waals surface area contributed by atoms with Crippen LogP contribution in [-0.2, 0) is 19.2 Å². The van der Waals surface area contributed by atoms with Crippen molar-refractivity contribution in [2.45, 2.75) is 37.8 Å². The summed E-state index contributed by atoms with van der Waals surface area (Å²) >= 11 is 0. The molecule has 4 aromatic rings. The Hall–Kier alpha value is -5.79. The van der Waals surface area contributed by atoms with Gasteiger partial charge in [-0.2, -0.15) is 0 Å². The highest BCUT2D eigenvalue weighted by atomic mass is 35.5. The van der Waals surface area contributed by atoms with Crippen LogP contribution in [0.15, 0.2) is 72.8 Å². The Labute approximate surface area is 309 Å². The van der Waals surface area contributed by atoms with Gasteiger partial charge in [0.15, 0.2) is 0 Å². The first-order valence-corrected chi connectivity index (χ1v) is 17.2. The van der Waals surface area contributed by atoms with Gasteiger partial charge in [0.05, 0.1) is 22.3 Å². The number of carbonyl (C=O) groups is 8. The molecule has 0 spiro atoms. The third-order valence-corrected chi connectivity index (χ3v) is 10.6. The lowest BCUT2D eigenvalue weighted by Gasteiger charge is -2.36. The highest BCUT2D eigenvalue weighted by molar-refractivity contribution is 6.26. The molecule has 0 aromatic heterocycles. The van der Waals surface area contributed by atoms with E-state index < -0.39 is 59.3 Å². The van der Waals surface area contributed by atoms with Crippen LogP contribution < -0.4 is 0 Å². The number of hydrogen-bond acceptors (Lipinski definition) is 9. The van der Waals surface area contributed by atoms with E-state index in [1.54, 1.807) is 36.2 Å². The molecule has 13 nitrogen and oxygen atoms in total. The van der Waals surface area contributed by atoms with Crippen LogP contribution in [-0.4, -0.2) is 117 Å². The molecule has 0 N–H and O–H groups in total. The van der Waals surface area contributed by atoms with Gasteiger partial charge in [0, 0.05) is 39.0 Å². The van der Waals surface area contributed by atoms with E-state index in [-0.39, 0.29) is 86.5 Å². The minimum absolute atomic E-state index is 0. The quantitative estimate of drug-likeness (QED) is 0.248. The van der Waals surface area contributed by atoms with E-state index in [0.717, 1.165) is 41.1 Å². The van der Waals surface area contributed by atoms with Crippen molar-refractivity contribution in [1.82, 2.24) is 24.5 Å². The van der Waals surface area contributed by atoms with Crippen LogP contribution >= 0.6 is 12.4 Å². The molecule has 2 unspecified atom stereocenters. The number of nitrogens with zero attached hydrogens (tertiary/aromatic N) is 5. The molecule has 8 rings (SSSR count). The third-order valence-electron chi connectivity index (χ3n) is 10.6. The molecule has 8 amide bonds. The molecule has 0 radical (unpaired) electrons. The first-order valence-electron chi connectivity index (χ1n) is 17.2. The van der Waals surface area contributed by atoms with Crippen LogP contribution in [0.5, 0.6) is 0 Å². The van der Waals surface area contributed by atoms with E-state index in [1.165, 1.54) is 0 Å². The molecule has 4 aromatic carbocycles. The van der Waals surface area contributed by atoms with Gasteiger partial charge in [-0.3, -0.25) is 58.0 Å². The number of benzene rings is 4. The number of carbonyl (C=O) groups excluding carboxylic acids is 8. The number of likely N-dealkylation sites (tertiary alicyclic amines) is 2. The smallest absolute Gasteiger partial charge is 0.262 e. The van der Waals surface area contributed by atoms with Crippen molar-refractivity contribution in [3.05, 3.63) is 95.1 Å². The van der Waals surface area contributed by atoms with Gasteiger partial charge in [-0.25, -0.2) is 0 Å². The zero-order valence-corrected chi connectivity index (χ0v) is 29.5. The van der Waals surface area contributed by atoms with Gasteiger partial charge in [0.25, 0.3) is 35.4 Å². The molecule has 2 fully saturated rings. The molecule has 270 valence electrons. The average Bonchev–Trinajstić information content (AvgIpc) is 3.52. The standard InChI is InChI=1S/C39H33N5O8.ClH/c1-40(14-16-41-32(45)12-10-30(38(41)51)43-34(47)26-18-22-6-2-3-7-23(22)19-27(26)35(43)48)15-17-42-33(46)13-11-31(39(42)52)44-36(49)28-20-24-8-4-5-9-25(24)21-29(28)37(44)50;/h2-9,18-21,30-31H,10-17H2,1H3;1H. The molecule has 0 aliphatic carbocycles. The van der Waals surface area contributed by atoms with Crippen molar-refractivity contribution in [3.63, 3.8) is 0 Å². The summed E-state index contributed by atoms with van der Waals surface area (Å²) in [5.41, 5.74) is 0.890. The lowest BCUT2D eigenvalue weighted by molar-refractivity contribution is -0.152.